The molecule has 3 heteroatoms. The Kier molecular flexibility index (Phi) is 1.60. The number of hydrogen-bond donors (Lipinski definition) is 0. The fourth-order valence-electron chi connectivity index (χ4n) is 7.34. The molecular weight excluding hydrogens is 294 g/mol. The summed E-state index contributed by atoms with van der Waals surface area (Å²) in [5.41, 5.74) is 0.455. The molecule has 3 fully saturated rings. The van der Waals surface area contributed by atoms with Crippen LogP contribution in [-0.2, 0) is 5.41 Å². The van der Waals surface area contributed by atoms with Crippen LogP contribution in [0, 0.1) is 50.2 Å². The SMILES string of the molecule is N#CC12C3c4ccccc4C1C1(C#N)C3(C#N)C21c1ccccc1. The van der Waals surface area contributed by atoms with E-state index in [0.29, 0.717) is 0 Å². The molecule has 0 aromatic heterocycles. The first-order chi connectivity index (χ1) is 11.8. The van der Waals surface area contributed by atoms with Crippen molar-refractivity contribution in [2.75, 3.05) is 0 Å². The van der Waals surface area contributed by atoms with Gasteiger partial charge in [-0.2, -0.15) is 15.8 Å². The molecule has 0 saturated heterocycles. The summed E-state index contributed by atoms with van der Waals surface area (Å²) < 4.78 is 0. The van der Waals surface area contributed by atoms with Crippen molar-refractivity contribution in [3.63, 3.8) is 0 Å². The van der Waals surface area contributed by atoms with Gasteiger partial charge in [-0.15, -0.1) is 0 Å². The molecule has 0 N–H and O–H groups in total. The number of fused-ring (bicyclic) bond motifs is 6. The van der Waals surface area contributed by atoms with Gasteiger partial charge in [0.05, 0.1) is 39.9 Å². The van der Waals surface area contributed by atoms with Crippen molar-refractivity contribution in [1.29, 1.82) is 15.8 Å². The Morgan fingerprint density at radius 2 is 1.17 bits per heavy atom. The van der Waals surface area contributed by atoms with Gasteiger partial charge in [-0.1, -0.05) is 54.6 Å². The highest BCUT2D eigenvalue weighted by atomic mass is 15.1. The van der Waals surface area contributed by atoms with Gasteiger partial charge in [0.1, 0.15) is 0 Å². The van der Waals surface area contributed by atoms with Gasteiger partial charge in [-0.3, -0.25) is 0 Å². The van der Waals surface area contributed by atoms with Crippen molar-refractivity contribution < 1.29 is 0 Å². The zero-order chi connectivity index (χ0) is 16.4. The Hall–Kier alpha value is -3.09. The summed E-state index contributed by atoms with van der Waals surface area (Å²) in [7, 11) is 0. The molecule has 2 aromatic rings. The molecule has 0 bridgehead atoms. The molecule has 3 saturated carbocycles. The Morgan fingerprint density at radius 1 is 0.667 bits per heavy atom. The highest BCUT2D eigenvalue weighted by molar-refractivity contribution is 5.86. The van der Waals surface area contributed by atoms with Gasteiger partial charge in [-0.05, 0) is 16.7 Å². The zero-order valence-electron chi connectivity index (χ0n) is 12.7. The largest absolute Gasteiger partial charge is 0.198 e. The summed E-state index contributed by atoms with van der Waals surface area (Å²) >= 11 is 0. The van der Waals surface area contributed by atoms with Crippen LogP contribution in [-0.4, -0.2) is 0 Å². The predicted molar refractivity (Wildman–Crippen MR) is 84.2 cm³/mol. The van der Waals surface area contributed by atoms with Crippen LogP contribution in [0.25, 0.3) is 0 Å². The molecule has 4 aliphatic rings. The van der Waals surface area contributed by atoms with E-state index < -0.39 is 21.7 Å². The van der Waals surface area contributed by atoms with Crippen LogP contribution in [0.3, 0.4) is 0 Å². The van der Waals surface area contributed by atoms with Crippen LogP contribution in [0.5, 0.6) is 0 Å². The lowest BCUT2D eigenvalue weighted by Crippen LogP contribution is -2.60. The summed E-state index contributed by atoms with van der Waals surface area (Å²) in [4.78, 5) is 0. The molecule has 24 heavy (non-hydrogen) atoms. The van der Waals surface area contributed by atoms with Crippen LogP contribution >= 0.6 is 0 Å². The van der Waals surface area contributed by atoms with E-state index in [1.165, 1.54) is 0 Å². The van der Waals surface area contributed by atoms with Gasteiger partial charge >= 0.3 is 0 Å². The van der Waals surface area contributed by atoms with E-state index in [1.54, 1.807) is 0 Å². The smallest absolute Gasteiger partial charge is 0.0988 e. The Bertz CT molecular complexity index is 1030. The second kappa shape index (κ2) is 3.10. The topological polar surface area (TPSA) is 71.4 Å². The Balaban J connectivity index is 1.75. The first-order valence-corrected chi connectivity index (χ1v) is 8.14. The molecule has 4 unspecified atom stereocenters. The number of nitrogens with zero attached hydrogens (tertiary/aromatic N) is 3. The maximum Gasteiger partial charge on any atom is 0.0988 e. The van der Waals surface area contributed by atoms with Crippen molar-refractivity contribution in [2.24, 2.45) is 16.2 Å². The van der Waals surface area contributed by atoms with Gasteiger partial charge in [0.25, 0.3) is 0 Å². The monoisotopic (exact) mass is 305 g/mol. The van der Waals surface area contributed by atoms with Gasteiger partial charge in [0.15, 0.2) is 0 Å². The first kappa shape index (κ1) is 12.3. The molecule has 110 valence electrons. The second-order valence-electron chi connectivity index (χ2n) is 7.43. The Labute approximate surface area is 139 Å². The van der Waals surface area contributed by atoms with Crippen molar-refractivity contribution in [1.82, 2.24) is 0 Å². The second-order valence-corrected chi connectivity index (χ2v) is 7.43. The van der Waals surface area contributed by atoms with E-state index in [4.69, 9.17) is 0 Å². The first-order valence-electron chi connectivity index (χ1n) is 8.14. The molecule has 6 rings (SSSR count). The van der Waals surface area contributed by atoms with Crippen molar-refractivity contribution in [3.05, 3.63) is 71.3 Å². The molecule has 2 aromatic carbocycles. The van der Waals surface area contributed by atoms with E-state index >= 15 is 0 Å². The predicted octanol–water partition coefficient (Wildman–Crippen LogP) is 3.38. The van der Waals surface area contributed by atoms with Crippen LogP contribution in [0.2, 0.25) is 0 Å². The van der Waals surface area contributed by atoms with E-state index in [2.05, 4.69) is 18.2 Å². The van der Waals surface area contributed by atoms with Crippen LogP contribution in [0.1, 0.15) is 28.5 Å². The molecule has 0 amide bonds. The van der Waals surface area contributed by atoms with Gasteiger partial charge in [-0.25, -0.2) is 0 Å². The molecule has 3 nitrogen and oxygen atoms in total. The zero-order valence-corrected chi connectivity index (χ0v) is 12.7. The minimum absolute atomic E-state index is 0.138. The molecular formula is C21H11N3. The summed E-state index contributed by atoms with van der Waals surface area (Å²) in [5, 5.41) is 30.5. The Morgan fingerprint density at radius 3 is 1.62 bits per heavy atom. The number of benzene rings is 2. The van der Waals surface area contributed by atoms with E-state index in [9.17, 15) is 15.8 Å². The number of hydrogen-bond acceptors (Lipinski definition) is 3. The van der Waals surface area contributed by atoms with Crippen LogP contribution in [0.15, 0.2) is 54.6 Å². The molecule has 0 radical (unpaired) electrons. The normalized spacial score (nSPS) is 46.9. The average molecular weight is 305 g/mol. The van der Waals surface area contributed by atoms with Gasteiger partial charge < -0.3 is 0 Å². The number of nitriles is 3. The van der Waals surface area contributed by atoms with Crippen LogP contribution < -0.4 is 0 Å². The highest BCUT2D eigenvalue weighted by Gasteiger charge is 3.19. The molecule has 4 atom stereocenters. The summed E-state index contributed by atoms with van der Waals surface area (Å²) in [6.45, 7) is 0. The lowest BCUT2D eigenvalue weighted by molar-refractivity contribution is 0.0139. The molecule has 0 spiro atoms. The lowest BCUT2D eigenvalue weighted by atomic mass is 9.40. The van der Waals surface area contributed by atoms with Gasteiger partial charge in [0.2, 0.25) is 0 Å². The van der Waals surface area contributed by atoms with Crippen LogP contribution in [0.4, 0.5) is 0 Å². The third kappa shape index (κ3) is 0.646. The maximum absolute atomic E-state index is 10.2. The van der Waals surface area contributed by atoms with Crippen molar-refractivity contribution >= 4 is 0 Å². The minimum Gasteiger partial charge on any atom is -0.198 e. The molecule has 0 aliphatic heterocycles. The fraction of sp³-hybridized carbons (Fsp3) is 0.286. The quantitative estimate of drug-likeness (QED) is 0.811. The fourth-order valence-corrected chi connectivity index (χ4v) is 7.34. The third-order valence-electron chi connectivity index (χ3n) is 7.50. The lowest BCUT2D eigenvalue weighted by Gasteiger charge is -2.57. The average Bonchev–Trinajstić information content (AvgIpc) is 2.81. The third-order valence-corrected chi connectivity index (χ3v) is 7.50. The van der Waals surface area contributed by atoms with E-state index in [0.717, 1.165) is 16.7 Å². The summed E-state index contributed by atoms with van der Waals surface area (Å²) in [6.07, 6.45) is 0. The van der Waals surface area contributed by atoms with E-state index in [1.807, 2.05) is 54.6 Å². The maximum atomic E-state index is 10.2. The number of rotatable bonds is 1. The van der Waals surface area contributed by atoms with Gasteiger partial charge in [0, 0.05) is 11.8 Å². The molecule has 4 aliphatic carbocycles. The highest BCUT2D eigenvalue weighted by Crippen LogP contribution is 3.14. The van der Waals surface area contributed by atoms with E-state index in [-0.39, 0.29) is 11.8 Å². The molecule has 0 heterocycles. The standard InChI is InChI=1S/C21H11N3/c22-10-18-16-14-8-4-5-9-15(14)17(18)20(12-24)19(16,11-23)21(18,20)13-6-2-1-3-7-13/h1-9,16-17H. The summed E-state index contributed by atoms with van der Waals surface area (Å²) in [5.74, 6) is -0.276. The minimum atomic E-state index is -0.745. The summed E-state index contributed by atoms with van der Waals surface area (Å²) in [6, 6.07) is 25.5. The van der Waals surface area contributed by atoms with Crippen molar-refractivity contribution in [3.8, 4) is 18.2 Å². The van der Waals surface area contributed by atoms with Crippen molar-refractivity contribution in [2.45, 2.75) is 17.3 Å².